The Kier molecular flexibility index (Phi) is 3.16. The normalized spacial score (nSPS) is 11.8. The van der Waals surface area contributed by atoms with E-state index in [1.54, 1.807) is 29.1 Å². The van der Waals surface area contributed by atoms with E-state index in [4.69, 9.17) is 10.5 Å². The second-order valence-electron chi connectivity index (χ2n) is 4.61. The number of rotatable bonds is 2. The van der Waals surface area contributed by atoms with E-state index >= 15 is 0 Å². The highest BCUT2D eigenvalue weighted by atomic mass is 19.4. The van der Waals surface area contributed by atoms with Gasteiger partial charge in [-0.15, -0.1) is 0 Å². The van der Waals surface area contributed by atoms with Crippen molar-refractivity contribution in [3.05, 3.63) is 42.5 Å². The van der Waals surface area contributed by atoms with E-state index in [0.29, 0.717) is 17.0 Å². The van der Waals surface area contributed by atoms with Gasteiger partial charge in [0.25, 0.3) is 0 Å². The number of nitrogens with zero attached hydrogens (tertiary/aromatic N) is 3. The number of fused-ring (bicyclic) bond motifs is 1. The number of imidazole rings is 1. The Morgan fingerprint density at radius 1 is 1.18 bits per heavy atom. The highest BCUT2D eigenvalue weighted by Crippen LogP contribution is 2.36. The van der Waals surface area contributed by atoms with Crippen LogP contribution in [0.1, 0.15) is 5.56 Å². The summed E-state index contributed by atoms with van der Waals surface area (Å²) in [6.07, 6.45) is 1.64. The molecule has 0 saturated carbocycles. The standard InChI is InChI=1S/C14H11F3N4O/c1-22-11-5-9(7-21-3-2-19-13(11)21)8-4-10(14(15,16)17)12(18)20-6-8/h2-7H,1H3,(H2,18,20). The Morgan fingerprint density at radius 2 is 1.95 bits per heavy atom. The lowest BCUT2D eigenvalue weighted by atomic mass is 10.1. The van der Waals surface area contributed by atoms with Gasteiger partial charge >= 0.3 is 6.18 Å². The highest BCUT2D eigenvalue weighted by molar-refractivity contribution is 5.70. The van der Waals surface area contributed by atoms with Crippen molar-refractivity contribution in [2.24, 2.45) is 0 Å². The first kappa shape index (κ1) is 14.2. The van der Waals surface area contributed by atoms with E-state index in [1.165, 1.54) is 13.3 Å². The SMILES string of the molecule is COc1cc(-c2cnc(N)c(C(F)(F)F)c2)cn2ccnc12. The summed E-state index contributed by atoms with van der Waals surface area (Å²) in [5, 5.41) is 0. The van der Waals surface area contributed by atoms with Gasteiger partial charge in [0, 0.05) is 35.9 Å². The fourth-order valence-electron chi connectivity index (χ4n) is 2.17. The summed E-state index contributed by atoms with van der Waals surface area (Å²) in [5.41, 5.74) is 5.73. The van der Waals surface area contributed by atoms with Gasteiger partial charge in [-0.1, -0.05) is 0 Å². The van der Waals surface area contributed by atoms with Crippen LogP contribution < -0.4 is 10.5 Å². The average molecular weight is 308 g/mol. The lowest BCUT2D eigenvalue weighted by Gasteiger charge is -2.12. The van der Waals surface area contributed by atoms with Crippen LogP contribution >= 0.6 is 0 Å². The van der Waals surface area contributed by atoms with Crippen LogP contribution in [0.4, 0.5) is 19.0 Å². The third-order valence-corrected chi connectivity index (χ3v) is 3.23. The number of pyridine rings is 2. The predicted molar refractivity (Wildman–Crippen MR) is 74.4 cm³/mol. The second kappa shape index (κ2) is 4.90. The molecule has 0 fully saturated rings. The molecule has 0 amide bonds. The predicted octanol–water partition coefficient (Wildman–Crippen LogP) is 3.01. The maximum absolute atomic E-state index is 12.9. The molecule has 2 N–H and O–H groups in total. The van der Waals surface area contributed by atoms with Crippen LogP contribution in [0.25, 0.3) is 16.8 Å². The van der Waals surface area contributed by atoms with Crippen molar-refractivity contribution < 1.29 is 17.9 Å². The van der Waals surface area contributed by atoms with E-state index < -0.39 is 17.6 Å². The molecule has 22 heavy (non-hydrogen) atoms. The first-order valence-corrected chi connectivity index (χ1v) is 6.24. The van der Waals surface area contributed by atoms with Crippen LogP contribution in [0.2, 0.25) is 0 Å². The Morgan fingerprint density at radius 3 is 2.64 bits per heavy atom. The van der Waals surface area contributed by atoms with E-state index in [-0.39, 0.29) is 5.56 Å². The van der Waals surface area contributed by atoms with Crippen molar-refractivity contribution in [3.8, 4) is 16.9 Å². The molecule has 0 aliphatic heterocycles. The lowest BCUT2D eigenvalue weighted by molar-refractivity contribution is -0.137. The summed E-state index contributed by atoms with van der Waals surface area (Å²) in [5.74, 6) is -0.0974. The van der Waals surface area contributed by atoms with Crippen molar-refractivity contribution in [2.45, 2.75) is 6.18 Å². The van der Waals surface area contributed by atoms with Crippen LogP contribution in [0.15, 0.2) is 36.9 Å². The number of nitrogen functional groups attached to an aromatic ring is 1. The molecule has 0 bridgehead atoms. The van der Waals surface area contributed by atoms with Gasteiger partial charge in [0.15, 0.2) is 11.4 Å². The van der Waals surface area contributed by atoms with Crippen LogP contribution in [0, 0.1) is 0 Å². The molecule has 3 heterocycles. The fourth-order valence-corrected chi connectivity index (χ4v) is 2.17. The molecule has 0 aliphatic carbocycles. The molecule has 0 spiro atoms. The third-order valence-electron chi connectivity index (χ3n) is 3.23. The summed E-state index contributed by atoms with van der Waals surface area (Å²) in [6, 6.07) is 2.58. The molecular weight excluding hydrogens is 297 g/mol. The number of aromatic nitrogens is 3. The smallest absolute Gasteiger partial charge is 0.419 e. The average Bonchev–Trinajstić information content (AvgIpc) is 2.93. The molecule has 8 heteroatoms. The Bertz CT molecular complexity index is 842. The number of hydrogen-bond acceptors (Lipinski definition) is 4. The van der Waals surface area contributed by atoms with E-state index in [0.717, 1.165) is 6.07 Å². The van der Waals surface area contributed by atoms with Crippen molar-refractivity contribution in [1.29, 1.82) is 0 Å². The minimum atomic E-state index is -4.56. The Balaban J connectivity index is 2.19. The lowest BCUT2D eigenvalue weighted by Crippen LogP contribution is -2.10. The molecule has 0 radical (unpaired) electrons. The van der Waals surface area contributed by atoms with Gasteiger partial charge in [0.2, 0.25) is 0 Å². The van der Waals surface area contributed by atoms with Crippen molar-refractivity contribution in [1.82, 2.24) is 14.4 Å². The number of halogens is 3. The molecular formula is C14H11F3N4O. The minimum Gasteiger partial charge on any atom is -0.493 e. The zero-order valence-corrected chi connectivity index (χ0v) is 11.4. The topological polar surface area (TPSA) is 65.4 Å². The molecule has 0 atom stereocenters. The summed E-state index contributed by atoms with van der Waals surface area (Å²) in [6.45, 7) is 0. The van der Waals surface area contributed by atoms with Gasteiger partial charge in [0.05, 0.1) is 12.7 Å². The number of hydrogen-bond donors (Lipinski definition) is 1. The molecule has 0 aliphatic rings. The van der Waals surface area contributed by atoms with Gasteiger partial charge in [-0.05, 0) is 12.1 Å². The van der Waals surface area contributed by atoms with Crippen LogP contribution in [-0.4, -0.2) is 21.5 Å². The quantitative estimate of drug-likeness (QED) is 0.790. The van der Waals surface area contributed by atoms with Crippen molar-refractivity contribution in [2.75, 3.05) is 12.8 Å². The van der Waals surface area contributed by atoms with E-state index in [2.05, 4.69) is 9.97 Å². The summed E-state index contributed by atoms with van der Waals surface area (Å²) < 4.78 is 45.7. The molecule has 3 aromatic rings. The van der Waals surface area contributed by atoms with E-state index in [1.807, 2.05) is 0 Å². The van der Waals surface area contributed by atoms with Crippen LogP contribution in [-0.2, 0) is 6.18 Å². The fraction of sp³-hybridized carbons (Fsp3) is 0.143. The summed E-state index contributed by atoms with van der Waals surface area (Å²) in [7, 11) is 1.47. The van der Waals surface area contributed by atoms with Gasteiger partial charge in [-0.2, -0.15) is 13.2 Å². The maximum atomic E-state index is 12.9. The van der Waals surface area contributed by atoms with Crippen LogP contribution in [0.3, 0.4) is 0 Å². The first-order valence-electron chi connectivity index (χ1n) is 6.24. The number of ether oxygens (including phenoxy) is 1. The largest absolute Gasteiger partial charge is 0.493 e. The minimum absolute atomic E-state index is 0.287. The van der Waals surface area contributed by atoms with E-state index in [9.17, 15) is 13.2 Å². The second-order valence-corrected chi connectivity index (χ2v) is 4.61. The van der Waals surface area contributed by atoms with Crippen LogP contribution in [0.5, 0.6) is 5.75 Å². The maximum Gasteiger partial charge on any atom is 0.419 e. The summed E-state index contributed by atoms with van der Waals surface area (Å²) >= 11 is 0. The first-order chi connectivity index (χ1) is 10.4. The number of methoxy groups -OCH3 is 1. The third kappa shape index (κ3) is 2.32. The highest BCUT2D eigenvalue weighted by Gasteiger charge is 2.34. The zero-order chi connectivity index (χ0) is 15.9. The molecule has 5 nitrogen and oxygen atoms in total. The molecule has 3 rings (SSSR count). The number of alkyl halides is 3. The Hall–Kier alpha value is -2.77. The summed E-state index contributed by atoms with van der Waals surface area (Å²) in [4.78, 5) is 7.75. The molecule has 0 unspecified atom stereocenters. The van der Waals surface area contributed by atoms with Gasteiger partial charge in [0.1, 0.15) is 5.82 Å². The molecule has 114 valence electrons. The molecule has 3 aromatic heterocycles. The monoisotopic (exact) mass is 308 g/mol. The zero-order valence-electron chi connectivity index (χ0n) is 11.4. The molecule has 0 saturated heterocycles. The molecule has 0 aromatic carbocycles. The number of anilines is 1. The van der Waals surface area contributed by atoms with Gasteiger partial charge in [-0.25, -0.2) is 9.97 Å². The Labute approximate surface area is 123 Å². The van der Waals surface area contributed by atoms with Gasteiger partial charge in [-0.3, -0.25) is 0 Å². The van der Waals surface area contributed by atoms with Crippen molar-refractivity contribution in [3.63, 3.8) is 0 Å². The van der Waals surface area contributed by atoms with Gasteiger partial charge < -0.3 is 14.9 Å². The van der Waals surface area contributed by atoms with Crippen molar-refractivity contribution >= 4 is 11.5 Å². The number of nitrogens with two attached hydrogens (primary N) is 1.